The van der Waals surface area contributed by atoms with Crippen LogP contribution in [-0.2, 0) is 4.79 Å². The Morgan fingerprint density at radius 3 is 2.40 bits per heavy atom. The molecule has 9 nitrogen and oxygen atoms in total. The number of hydrogen-bond donors (Lipinski definition) is 0. The monoisotopic (exact) mass is 548 g/mol. The third kappa shape index (κ3) is 6.51. The van der Waals surface area contributed by atoms with Gasteiger partial charge in [0.15, 0.2) is 11.9 Å². The van der Waals surface area contributed by atoms with E-state index in [1.807, 2.05) is 36.4 Å². The van der Waals surface area contributed by atoms with Crippen LogP contribution in [0, 0.1) is 15.9 Å². The minimum atomic E-state index is -0.725. The number of halogens is 1. The van der Waals surface area contributed by atoms with Crippen LogP contribution >= 0.6 is 0 Å². The van der Waals surface area contributed by atoms with Gasteiger partial charge in [0.05, 0.1) is 17.2 Å². The molecule has 1 atom stereocenters. The van der Waals surface area contributed by atoms with E-state index in [4.69, 9.17) is 9.47 Å². The molecule has 0 radical (unpaired) electrons. The molecule has 1 saturated heterocycles. The van der Waals surface area contributed by atoms with E-state index < -0.39 is 11.0 Å². The summed E-state index contributed by atoms with van der Waals surface area (Å²) in [5, 5.41) is 11.3. The Morgan fingerprint density at radius 2 is 1.62 bits per heavy atom. The van der Waals surface area contributed by atoms with Gasteiger partial charge in [-0.2, -0.15) is 0 Å². The van der Waals surface area contributed by atoms with Crippen LogP contribution < -0.4 is 19.3 Å². The number of nitro benzene ring substituents is 1. The first-order chi connectivity index (χ1) is 19.5. The smallest absolute Gasteiger partial charge is 0.310 e. The topological polar surface area (TPSA) is 88.4 Å². The lowest BCUT2D eigenvalue weighted by Gasteiger charge is -2.36. The van der Waals surface area contributed by atoms with E-state index in [2.05, 4.69) is 9.80 Å². The van der Waals surface area contributed by atoms with Crippen molar-refractivity contribution in [3.63, 3.8) is 0 Å². The molecule has 0 N–H and O–H groups in total. The van der Waals surface area contributed by atoms with Crippen molar-refractivity contribution >= 4 is 23.0 Å². The van der Waals surface area contributed by atoms with Gasteiger partial charge in [0, 0.05) is 50.9 Å². The molecule has 2 aliphatic rings. The summed E-state index contributed by atoms with van der Waals surface area (Å²) in [5.41, 5.74) is 1.70. The molecular formula is C30H33FN4O5. The molecule has 3 aromatic carbocycles. The number of hydrogen-bond acceptors (Lipinski definition) is 7. The Hall–Kier alpha value is -4.18. The van der Waals surface area contributed by atoms with Crippen LogP contribution in [0.4, 0.5) is 21.5 Å². The quantitative estimate of drug-likeness (QED) is 0.191. The van der Waals surface area contributed by atoms with Crippen LogP contribution in [0.2, 0.25) is 0 Å². The lowest BCUT2D eigenvalue weighted by atomic mass is 10.1. The van der Waals surface area contributed by atoms with E-state index in [-0.39, 0.29) is 36.2 Å². The summed E-state index contributed by atoms with van der Waals surface area (Å²) in [4.78, 5) is 30.7. The van der Waals surface area contributed by atoms with E-state index in [1.165, 1.54) is 18.2 Å². The first-order valence-corrected chi connectivity index (χ1v) is 13.7. The van der Waals surface area contributed by atoms with Crippen molar-refractivity contribution in [2.24, 2.45) is 0 Å². The Kier molecular flexibility index (Phi) is 8.75. The van der Waals surface area contributed by atoms with Gasteiger partial charge < -0.3 is 19.3 Å². The zero-order chi connectivity index (χ0) is 27.9. The number of anilines is 2. The second-order valence-corrected chi connectivity index (χ2v) is 9.94. The average Bonchev–Trinajstić information content (AvgIpc) is 2.97. The lowest BCUT2D eigenvalue weighted by Crippen LogP contribution is -2.47. The van der Waals surface area contributed by atoms with E-state index in [1.54, 1.807) is 23.1 Å². The highest BCUT2D eigenvalue weighted by Crippen LogP contribution is 2.35. The summed E-state index contributed by atoms with van der Waals surface area (Å²) in [6, 6.07) is 20.4. The minimum absolute atomic E-state index is 0.109. The number of benzene rings is 3. The number of amides is 1. The van der Waals surface area contributed by atoms with Crippen molar-refractivity contribution in [1.29, 1.82) is 0 Å². The van der Waals surface area contributed by atoms with E-state index in [9.17, 15) is 19.3 Å². The summed E-state index contributed by atoms with van der Waals surface area (Å²) < 4.78 is 24.9. The molecule has 210 valence electrons. The van der Waals surface area contributed by atoms with E-state index in [0.29, 0.717) is 12.3 Å². The molecule has 0 bridgehead atoms. The predicted octanol–water partition coefficient (Wildman–Crippen LogP) is 4.90. The molecule has 0 aliphatic carbocycles. The largest absolute Gasteiger partial charge is 0.487 e. The standard InChI is InChI=1S/C30H33FN4O5/c31-23-11-13-24(14-12-23)33-20-18-32(19-21-33)16-5-6-17-34-25-7-1-4-10-28(25)40-29(30(34)36)15-22-39-27-9-3-2-8-26(27)35(37)38/h1-4,7-14,29H,5-6,15-22H2. The first-order valence-electron chi connectivity index (χ1n) is 13.7. The van der Waals surface area contributed by atoms with E-state index >= 15 is 0 Å². The average molecular weight is 549 g/mol. The fraction of sp³-hybridized carbons (Fsp3) is 0.367. The summed E-state index contributed by atoms with van der Waals surface area (Å²) >= 11 is 0. The molecule has 10 heteroatoms. The second-order valence-electron chi connectivity index (χ2n) is 9.94. The van der Waals surface area contributed by atoms with Crippen LogP contribution in [0.25, 0.3) is 0 Å². The molecule has 0 saturated carbocycles. The zero-order valence-corrected chi connectivity index (χ0v) is 22.3. The number of carbonyl (C=O) groups is 1. The maximum Gasteiger partial charge on any atom is 0.310 e. The van der Waals surface area contributed by atoms with Gasteiger partial charge in [0.2, 0.25) is 0 Å². The Morgan fingerprint density at radius 1 is 0.925 bits per heavy atom. The SMILES string of the molecule is O=C1C(CCOc2ccccc2[N+](=O)[O-])Oc2ccccc2N1CCCCN1CCN(c2ccc(F)cc2)CC1. The Balaban J connectivity index is 1.11. The van der Waals surface area contributed by atoms with Crippen LogP contribution in [-0.4, -0.2) is 67.7 Å². The Labute approximate surface area is 232 Å². The van der Waals surface area contributed by atoms with Crippen molar-refractivity contribution < 1.29 is 23.6 Å². The predicted molar refractivity (Wildman–Crippen MR) is 151 cm³/mol. The number of carbonyl (C=O) groups excluding carboxylic acids is 1. The fourth-order valence-electron chi connectivity index (χ4n) is 5.18. The highest BCUT2D eigenvalue weighted by atomic mass is 19.1. The molecule has 0 aromatic heterocycles. The van der Waals surface area contributed by atoms with Crippen LogP contribution in [0.1, 0.15) is 19.3 Å². The summed E-state index contributed by atoms with van der Waals surface area (Å²) in [5.74, 6) is 0.473. The molecule has 2 heterocycles. The fourth-order valence-corrected chi connectivity index (χ4v) is 5.18. The summed E-state index contributed by atoms with van der Waals surface area (Å²) in [7, 11) is 0. The zero-order valence-electron chi connectivity index (χ0n) is 22.3. The molecule has 5 rings (SSSR count). The third-order valence-electron chi connectivity index (χ3n) is 7.34. The highest BCUT2D eigenvalue weighted by molar-refractivity contribution is 6.00. The van der Waals surface area contributed by atoms with Gasteiger partial charge in [0.1, 0.15) is 11.6 Å². The van der Waals surface area contributed by atoms with Crippen molar-refractivity contribution in [2.45, 2.75) is 25.4 Å². The van der Waals surface area contributed by atoms with E-state index in [0.717, 1.165) is 56.9 Å². The van der Waals surface area contributed by atoms with Crippen molar-refractivity contribution in [2.75, 3.05) is 55.7 Å². The summed E-state index contributed by atoms with van der Waals surface area (Å²) in [6.07, 6.45) is 1.35. The summed E-state index contributed by atoms with van der Waals surface area (Å²) in [6.45, 7) is 5.33. The highest BCUT2D eigenvalue weighted by Gasteiger charge is 2.34. The third-order valence-corrected chi connectivity index (χ3v) is 7.34. The number of nitro groups is 1. The van der Waals surface area contributed by atoms with Gasteiger partial charge >= 0.3 is 5.69 Å². The number of para-hydroxylation sites is 4. The van der Waals surface area contributed by atoms with Crippen molar-refractivity contribution in [3.05, 3.63) is 88.7 Å². The number of rotatable bonds is 11. The minimum Gasteiger partial charge on any atom is -0.487 e. The molecular weight excluding hydrogens is 515 g/mol. The molecule has 40 heavy (non-hydrogen) atoms. The lowest BCUT2D eigenvalue weighted by molar-refractivity contribution is -0.385. The van der Waals surface area contributed by atoms with Gasteiger partial charge in [-0.25, -0.2) is 4.39 Å². The van der Waals surface area contributed by atoms with Crippen LogP contribution in [0.5, 0.6) is 11.5 Å². The Bertz CT molecular complexity index is 1310. The van der Waals surface area contributed by atoms with Gasteiger partial charge in [-0.1, -0.05) is 24.3 Å². The number of fused-ring (bicyclic) bond motifs is 1. The van der Waals surface area contributed by atoms with Gasteiger partial charge in [-0.05, 0) is 61.9 Å². The maximum atomic E-state index is 13.4. The molecule has 2 aliphatic heterocycles. The number of piperazine rings is 1. The van der Waals surface area contributed by atoms with Crippen molar-refractivity contribution in [1.82, 2.24) is 4.90 Å². The van der Waals surface area contributed by atoms with Gasteiger partial charge in [-0.15, -0.1) is 0 Å². The van der Waals surface area contributed by atoms with Gasteiger partial charge in [-0.3, -0.25) is 19.8 Å². The van der Waals surface area contributed by atoms with Crippen LogP contribution in [0.3, 0.4) is 0 Å². The number of nitrogens with zero attached hydrogens (tertiary/aromatic N) is 4. The molecule has 1 amide bonds. The molecule has 1 fully saturated rings. The maximum absolute atomic E-state index is 13.4. The van der Waals surface area contributed by atoms with Crippen molar-refractivity contribution in [3.8, 4) is 11.5 Å². The van der Waals surface area contributed by atoms with Gasteiger partial charge in [0.25, 0.3) is 5.91 Å². The number of unbranched alkanes of at least 4 members (excludes halogenated alkanes) is 1. The molecule has 3 aromatic rings. The normalized spacial score (nSPS) is 17.3. The first kappa shape index (κ1) is 27.4. The van der Waals surface area contributed by atoms with Crippen LogP contribution in [0.15, 0.2) is 72.8 Å². The second kappa shape index (κ2) is 12.8. The number of ether oxygens (including phenoxy) is 2. The molecule has 1 unspecified atom stereocenters. The molecule has 0 spiro atoms.